The molecule has 0 bridgehead atoms. The highest BCUT2D eigenvalue weighted by molar-refractivity contribution is 7.77. The van der Waals surface area contributed by atoms with Crippen molar-refractivity contribution in [2.45, 2.75) is 19.8 Å². The molecule has 1 aromatic carbocycles. The van der Waals surface area contributed by atoms with Gasteiger partial charge in [0.2, 0.25) is 5.75 Å². The quantitative estimate of drug-likeness (QED) is 0.795. The molecule has 1 saturated heterocycles. The summed E-state index contributed by atoms with van der Waals surface area (Å²) in [4.78, 5) is 15.2. The number of aromatic nitrogens is 2. The Bertz CT molecular complexity index is 892. The van der Waals surface area contributed by atoms with Gasteiger partial charge in [0.05, 0.1) is 18.5 Å². The van der Waals surface area contributed by atoms with E-state index in [2.05, 4.69) is 29.7 Å². The van der Waals surface area contributed by atoms with E-state index < -0.39 is 5.82 Å². The standard InChI is InChI=1S/C19H23FN4O2S/c1-19(5-6-19)13-26-17-16(22-7-9-23(27)10-8-22)12-21-24(18(17)25)15-4-2-3-14(20)11-15/h2-4,11-12,27H,5-10,13H2,1H3. The predicted molar refractivity (Wildman–Crippen MR) is 105 cm³/mol. The van der Waals surface area contributed by atoms with Crippen molar-refractivity contribution in [1.82, 2.24) is 14.1 Å². The van der Waals surface area contributed by atoms with Crippen LogP contribution in [0, 0.1) is 11.2 Å². The van der Waals surface area contributed by atoms with Crippen molar-refractivity contribution in [3.63, 3.8) is 0 Å². The summed E-state index contributed by atoms with van der Waals surface area (Å²) in [5.74, 6) is -0.127. The van der Waals surface area contributed by atoms with Gasteiger partial charge in [0.1, 0.15) is 11.5 Å². The zero-order valence-corrected chi connectivity index (χ0v) is 16.2. The number of nitrogens with zero attached hydrogens (tertiary/aromatic N) is 4. The van der Waals surface area contributed by atoms with Crippen molar-refractivity contribution in [2.75, 3.05) is 37.7 Å². The van der Waals surface area contributed by atoms with Gasteiger partial charge in [-0.2, -0.15) is 9.78 Å². The van der Waals surface area contributed by atoms with Crippen LogP contribution in [0.4, 0.5) is 10.1 Å². The molecule has 1 saturated carbocycles. The summed E-state index contributed by atoms with van der Waals surface area (Å²) < 4.78 is 22.8. The maximum Gasteiger partial charge on any atom is 0.316 e. The minimum atomic E-state index is -0.414. The van der Waals surface area contributed by atoms with E-state index in [1.54, 1.807) is 18.3 Å². The van der Waals surface area contributed by atoms with Gasteiger partial charge in [-0.1, -0.05) is 25.8 Å². The molecule has 0 atom stereocenters. The first-order chi connectivity index (χ1) is 13.0. The first-order valence-corrected chi connectivity index (χ1v) is 9.55. The second-order valence-corrected chi connectivity index (χ2v) is 8.16. The fourth-order valence-electron chi connectivity index (χ4n) is 3.12. The van der Waals surface area contributed by atoms with Crippen LogP contribution in [0.1, 0.15) is 19.8 Å². The van der Waals surface area contributed by atoms with Crippen molar-refractivity contribution >= 4 is 18.5 Å². The first-order valence-electron chi connectivity index (χ1n) is 9.15. The molecule has 1 aliphatic carbocycles. The molecule has 0 N–H and O–H groups in total. The molecule has 4 rings (SSSR count). The number of benzene rings is 1. The van der Waals surface area contributed by atoms with Crippen molar-refractivity contribution in [3.8, 4) is 11.4 Å². The van der Waals surface area contributed by atoms with Gasteiger partial charge in [-0.3, -0.25) is 4.79 Å². The lowest BCUT2D eigenvalue weighted by atomic mass is 10.2. The monoisotopic (exact) mass is 390 g/mol. The molecule has 1 aliphatic heterocycles. The number of anilines is 1. The molecule has 2 fully saturated rings. The van der Waals surface area contributed by atoms with E-state index in [0.717, 1.165) is 39.0 Å². The molecule has 2 aromatic rings. The maximum atomic E-state index is 13.6. The van der Waals surface area contributed by atoms with E-state index in [1.165, 1.54) is 16.8 Å². The number of hydrogen-bond acceptors (Lipinski definition) is 6. The lowest BCUT2D eigenvalue weighted by Crippen LogP contribution is -2.43. The summed E-state index contributed by atoms with van der Waals surface area (Å²) in [5, 5.41) is 4.29. The summed E-state index contributed by atoms with van der Waals surface area (Å²) in [7, 11) is 0. The fourth-order valence-corrected chi connectivity index (χ4v) is 3.30. The summed E-state index contributed by atoms with van der Waals surface area (Å²) in [6.45, 7) is 5.69. The molecule has 1 aromatic heterocycles. The Balaban J connectivity index is 1.72. The number of thiol groups is 1. The average Bonchev–Trinajstić information content (AvgIpc) is 3.39. The van der Waals surface area contributed by atoms with Crippen molar-refractivity contribution in [2.24, 2.45) is 5.41 Å². The number of hydrogen-bond donors (Lipinski definition) is 1. The molecule has 0 amide bonds. The molecule has 27 heavy (non-hydrogen) atoms. The van der Waals surface area contributed by atoms with E-state index in [4.69, 9.17) is 4.74 Å². The molecule has 6 nitrogen and oxygen atoms in total. The molecule has 2 aliphatic rings. The Labute approximate surface area is 163 Å². The van der Waals surface area contributed by atoms with Crippen LogP contribution in [0.15, 0.2) is 35.3 Å². The Hall–Kier alpha value is -2.06. The van der Waals surface area contributed by atoms with Crippen LogP contribution in [-0.4, -0.2) is 46.9 Å². The highest BCUT2D eigenvalue weighted by atomic mass is 32.1. The third-order valence-corrected chi connectivity index (χ3v) is 5.63. The lowest BCUT2D eigenvalue weighted by molar-refractivity contribution is 0.243. The third-order valence-electron chi connectivity index (χ3n) is 5.23. The molecule has 0 spiro atoms. The summed E-state index contributed by atoms with van der Waals surface area (Å²) >= 11 is 4.38. The smallest absolute Gasteiger partial charge is 0.316 e. The van der Waals surface area contributed by atoms with E-state index in [1.807, 2.05) is 4.31 Å². The molecular formula is C19H23FN4O2S. The Morgan fingerprint density at radius 2 is 2.00 bits per heavy atom. The van der Waals surface area contributed by atoms with E-state index in [0.29, 0.717) is 18.0 Å². The minimum absolute atomic E-state index is 0.139. The van der Waals surface area contributed by atoms with E-state index >= 15 is 0 Å². The molecule has 2 heterocycles. The van der Waals surface area contributed by atoms with E-state index in [9.17, 15) is 9.18 Å². The highest BCUT2D eigenvalue weighted by Crippen LogP contribution is 2.45. The van der Waals surface area contributed by atoms with Crippen LogP contribution in [0.5, 0.6) is 5.75 Å². The Morgan fingerprint density at radius 1 is 1.26 bits per heavy atom. The van der Waals surface area contributed by atoms with Gasteiger partial charge < -0.3 is 9.64 Å². The number of ether oxygens (including phenoxy) is 1. The van der Waals surface area contributed by atoms with Crippen LogP contribution in [0.3, 0.4) is 0 Å². The van der Waals surface area contributed by atoms with E-state index in [-0.39, 0.29) is 16.7 Å². The molecular weight excluding hydrogens is 367 g/mol. The first kappa shape index (κ1) is 18.3. The SMILES string of the molecule is CC1(COc2c(N3CCN(S)CC3)cnn(-c3cccc(F)c3)c2=O)CC1. The maximum absolute atomic E-state index is 13.6. The fraction of sp³-hybridized carbons (Fsp3) is 0.474. The van der Waals surface area contributed by atoms with Crippen LogP contribution in [0.2, 0.25) is 0 Å². The van der Waals surface area contributed by atoms with Gasteiger partial charge in [0.25, 0.3) is 0 Å². The predicted octanol–water partition coefficient (Wildman–Crippen LogP) is 2.52. The van der Waals surface area contributed by atoms with Crippen LogP contribution in [-0.2, 0) is 0 Å². The molecule has 8 heteroatoms. The summed E-state index contributed by atoms with van der Waals surface area (Å²) in [6.07, 6.45) is 3.85. The zero-order valence-electron chi connectivity index (χ0n) is 15.3. The van der Waals surface area contributed by atoms with Gasteiger partial charge in [0.15, 0.2) is 0 Å². The van der Waals surface area contributed by atoms with Crippen molar-refractivity contribution < 1.29 is 9.13 Å². The highest BCUT2D eigenvalue weighted by Gasteiger charge is 2.38. The lowest BCUT2D eigenvalue weighted by Gasteiger charge is -2.33. The molecule has 0 radical (unpaired) electrons. The van der Waals surface area contributed by atoms with Crippen molar-refractivity contribution in [3.05, 3.63) is 46.6 Å². The number of piperazine rings is 1. The third kappa shape index (κ3) is 3.96. The van der Waals surface area contributed by atoms with Gasteiger partial charge in [-0.05, 0) is 31.0 Å². The zero-order chi connectivity index (χ0) is 19.0. The Kier molecular flexibility index (Phi) is 4.86. The Morgan fingerprint density at radius 3 is 2.67 bits per heavy atom. The number of rotatable bonds is 5. The van der Waals surface area contributed by atoms with Crippen molar-refractivity contribution in [1.29, 1.82) is 0 Å². The normalized spacial score (nSPS) is 19.1. The summed E-state index contributed by atoms with van der Waals surface area (Å²) in [5.41, 5.74) is 0.851. The van der Waals surface area contributed by atoms with Gasteiger partial charge in [-0.25, -0.2) is 8.70 Å². The largest absolute Gasteiger partial charge is 0.486 e. The van der Waals surface area contributed by atoms with Gasteiger partial charge in [-0.15, -0.1) is 0 Å². The second kappa shape index (κ2) is 7.16. The van der Waals surface area contributed by atoms with Crippen LogP contribution in [0.25, 0.3) is 5.69 Å². The summed E-state index contributed by atoms with van der Waals surface area (Å²) in [6, 6.07) is 5.85. The molecule has 144 valence electrons. The van der Waals surface area contributed by atoms with Crippen LogP contribution < -0.4 is 15.2 Å². The average molecular weight is 390 g/mol. The second-order valence-electron chi connectivity index (χ2n) is 7.60. The van der Waals surface area contributed by atoms with Gasteiger partial charge in [0, 0.05) is 31.6 Å². The minimum Gasteiger partial charge on any atom is -0.486 e. The molecule has 0 unspecified atom stereocenters. The topological polar surface area (TPSA) is 50.6 Å². The van der Waals surface area contributed by atoms with Gasteiger partial charge >= 0.3 is 5.56 Å². The van der Waals surface area contributed by atoms with Crippen LogP contribution >= 0.6 is 12.8 Å². The number of halogens is 1.